The molecule has 8 saturated carbocycles. The highest BCUT2D eigenvalue weighted by molar-refractivity contribution is 6.94. The first kappa shape index (κ1) is 44.9. The van der Waals surface area contributed by atoms with Crippen LogP contribution in [-0.2, 0) is 16.2 Å². The number of furan rings is 1. The lowest BCUT2D eigenvalue weighted by molar-refractivity contribution is -0.00528. The van der Waals surface area contributed by atoms with Crippen molar-refractivity contribution < 1.29 is 4.42 Å². The smallest absolute Gasteiger partial charge is 0.333 e. The molecule has 8 aliphatic carbocycles. The summed E-state index contributed by atoms with van der Waals surface area (Å²) in [6, 6.07) is 67.0. The predicted octanol–water partition coefficient (Wildman–Crippen LogP) is 18.5. The number of rotatable bonds is 5. The van der Waals surface area contributed by atoms with Gasteiger partial charge in [0, 0.05) is 44.3 Å². The molecule has 0 amide bonds. The minimum Gasteiger partial charge on any atom is -0.456 e. The van der Waals surface area contributed by atoms with Crippen molar-refractivity contribution in [3.63, 3.8) is 0 Å². The topological polar surface area (TPSA) is 19.6 Å². The molecular formula is C74H67BN2O. The third-order valence-electron chi connectivity index (χ3n) is 22.0. The zero-order chi connectivity index (χ0) is 51.4. The lowest BCUT2D eigenvalue weighted by Crippen LogP contribution is -2.61. The molecule has 0 saturated heterocycles. The van der Waals surface area contributed by atoms with E-state index in [1.54, 1.807) is 11.1 Å². The molecule has 0 spiro atoms. The van der Waals surface area contributed by atoms with Crippen molar-refractivity contribution in [3.05, 3.63) is 187 Å². The monoisotopic (exact) mass is 1010 g/mol. The number of nitrogens with zero attached hydrogens (tertiary/aromatic N) is 2. The molecule has 382 valence electrons. The third-order valence-corrected chi connectivity index (χ3v) is 22.0. The van der Waals surface area contributed by atoms with Gasteiger partial charge in [0.2, 0.25) is 0 Å². The third kappa shape index (κ3) is 6.41. The van der Waals surface area contributed by atoms with Gasteiger partial charge < -0.3 is 14.1 Å². The van der Waals surface area contributed by atoms with Crippen LogP contribution in [0, 0.1) is 35.5 Å². The van der Waals surface area contributed by atoms with E-state index in [0.717, 1.165) is 57.4 Å². The zero-order valence-corrected chi connectivity index (χ0v) is 45.5. The molecule has 1 aromatic heterocycles. The zero-order valence-electron chi connectivity index (χ0n) is 45.5. The van der Waals surface area contributed by atoms with E-state index in [-0.39, 0.29) is 17.7 Å². The Bertz CT molecular complexity index is 4110. The molecule has 8 fully saturated rings. The second-order valence-corrected chi connectivity index (χ2v) is 27.7. The van der Waals surface area contributed by atoms with Crippen LogP contribution in [0.5, 0.6) is 0 Å². The summed E-state index contributed by atoms with van der Waals surface area (Å²) in [7, 11) is 0. The second kappa shape index (κ2) is 15.8. The molecule has 10 aromatic rings. The molecule has 20 rings (SSSR count). The average molecular weight is 1010 g/mol. The van der Waals surface area contributed by atoms with Gasteiger partial charge in [0.1, 0.15) is 11.2 Å². The molecular weight excluding hydrogens is 944 g/mol. The SMILES string of the molecule is CC(C)(C)c1ccc(N2c3cc4c(cc3B3c5c(cc6ccccc6c52)-c2cc(C56CC7CC(CC(C7)C5)C6)ccc2N3c2ccc(C35CC6CC(CC(C6)C3)C5)cc2)oc2cc3ccccc3cc24)c(-c2ccccc2)c1. The fourth-order valence-corrected chi connectivity index (χ4v) is 19.5. The maximum absolute atomic E-state index is 7.15. The molecule has 78 heavy (non-hydrogen) atoms. The Morgan fingerprint density at radius 1 is 0.449 bits per heavy atom. The van der Waals surface area contributed by atoms with Gasteiger partial charge in [-0.15, -0.1) is 0 Å². The van der Waals surface area contributed by atoms with E-state index >= 15 is 0 Å². The summed E-state index contributed by atoms with van der Waals surface area (Å²) in [6.45, 7) is 6.91. The van der Waals surface area contributed by atoms with Crippen LogP contribution in [0.3, 0.4) is 0 Å². The first-order valence-electron chi connectivity index (χ1n) is 30.1. The van der Waals surface area contributed by atoms with E-state index in [9.17, 15) is 0 Å². The average Bonchev–Trinajstić information content (AvgIpc) is 3.82. The largest absolute Gasteiger partial charge is 0.456 e. The van der Waals surface area contributed by atoms with Crippen molar-refractivity contribution in [2.24, 2.45) is 35.5 Å². The predicted molar refractivity (Wildman–Crippen MR) is 326 cm³/mol. The quantitative estimate of drug-likeness (QED) is 0.160. The van der Waals surface area contributed by atoms with Gasteiger partial charge in [-0.25, -0.2) is 0 Å². The molecule has 2 aliphatic heterocycles. The minimum absolute atomic E-state index is 0.0416. The van der Waals surface area contributed by atoms with Crippen molar-refractivity contribution in [1.29, 1.82) is 0 Å². The van der Waals surface area contributed by atoms with Gasteiger partial charge in [0.15, 0.2) is 0 Å². The lowest BCUT2D eigenvalue weighted by atomic mass is 9.43. The lowest BCUT2D eigenvalue weighted by Gasteiger charge is -2.57. The molecule has 3 heterocycles. The molecule has 4 heteroatoms. The molecule has 0 atom stereocenters. The fraction of sp³-hybridized carbons (Fsp3) is 0.324. The molecule has 0 N–H and O–H groups in total. The van der Waals surface area contributed by atoms with Crippen LogP contribution < -0.4 is 20.6 Å². The molecule has 0 radical (unpaired) electrons. The van der Waals surface area contributed by atoms with Gasteiger partial charge in [0.25, 0.3) is 0 Å². The van der Waals surface area contributed by atoms with Crippen molar-refractivity contribution in [2.45, 2.75) is 114 Å². The van der Waals surface area contributed by atoms with Crippen LogP contribution >= 0.6 is 0 Å². The van der Waals surface area contributed by atoms with Gasteiger partial charge >= 0.3 is 6.85 Å². The summed E-state index contributed by atoms with van der Waals surface area (Å²) >= 11 is 0. The first-order chi connectivity index (χ1) is 38.1. The van der Waals surface area contributed by atoms with Crippen LogP contribution in [0.2, 0.25) is 0 Å². The van der Waals surface area contributed by atoms with E-state index < -0.39 is 0 Å². The summed E-state index contributed by atoms with van der Waals surface area (Å²) in [4.78, 5) is 5.51. The van der Waals surface area contributed by atoms with Gasteiger partial charge in [-0.3, -0.25) is 0 Å². The van der Waals surface area contributed by atoms with Gasteiger partial charge in [0.05, 0.1) is 11.4 Å². The standard InChI is InChI=1S/C74H67BN2O/c1-72(2,3)55-19-23-65(59(34-55)50-11-5-4-6-12-50)76-67-36-62-61-31-51-13-7-8-14-52(51)33-68(61)78-69(62)37-64(67)75-70-63(32-53-15-9-10-16-58(53)71(70)76)60-35-56(74-41-47-28-48(42-74)30-49(29-47)43-74)20-24-66(60)77(75)57-21-17-54(18-22-57)73-38-44-25-45(39-73)27-46(26-44)40-73/h4-24,31-37,44-49H,25-30,38-43H2,1-3H3. The van der Waals surface area contributed by atoms with Gasteiger partial charge in [-0.05, 0) is 250 Å². The van der Waals surface area contributed by atoms with Crippen molar-refractivity contribution >= 4 is 89.7 Å². The van der Waals surface area contributed by atoms with Crippen LogP contribution in [-0.4, -0.2) is 6.85 Å². The van der Waals surface area contributed by atoms with Crippen molar-refractivity contribution in [1.82, 2.24) is 0 Å². The van der Waals surface area contributed by atoms with E-state index in [2.05, 4.69) is 200 Å². The van der Waals surface area contributed by atoms with E-state index in [1.807, 2.05) is 0 Å². The number of benzene rings is 9. The normalized spacial score (nSPS) is 27.1. The molecule has 0 unspecified atom stereocenters. The Hall–Kier alpha value is -7.04. The molecule has 8 bridgehead atoms. The Labute approximate surface area is 459 Å². The number of fused-ring (bicyclic) bond motifs is 10. The van der Waals surface area contributed by atoms with E-state index in [1.165, 1.54) is 166 Å². The van der Waals surface area contributed by atoms with Crippen molar-refractivity contribution in [3.8, 4) is 22.3 Å². The van der Waals surface area contributed by atoms with Crippen LogP contribution in [0.4, 0.5) is 28.4 Å². The Morgan fingerprint density at radius 3 is 1.68 bits per heavy atom. The summed E-state index contributed by atoms with van der Waals surface area (Å²) in [5, 5.41) is 7.31. The highest BCUT2D eigenvalue weighted by Gasteiger charge is 2.54. The van der Waals surface area contributed by atoms with Gasteiger partial charge in [-0.1, -0.05) is 124 Å². The van der Waals surface area contributed by atoms with Crippen LogP contribution in [0.1, 0.15) is 115 Å². The van der Waals surface area contributed by atoms with Gasteiger partial charge in [-0.2, -0.15) is 0 Å². The molecule has 10 aliphatic rings. The van der Waals surface area contributed by atoms with Crippen LogP contribution in [0.25, 0.3) is 65.7 Å². The maximum Gasteiger partial charge on any atom is 0.333 e. The van der Waals surface area contributed by atoms with Crippen LogP contribution in [0.15, 0.2) is 174 Å². The Balaban J connectivity index is 0.938. The van der Waals surface area contributed by atoms with Crippen molar-refractivity contribution in [2.75, 3.05) is 9.71 Å². The Kier molecular flexibility index (Phi) is 9.11. The molecule has 9 aromatic carbocycles. The number of anilines is 5. The second-order valence-electron chi connectivity index (χ2n) is 27.7. The summed E-state index contributed by atoms with van der Waals surface area (Å²) < 4.78 is 7.15. The van der Waals surface area contributed by atoms with E-state index in [0.29, 0.717) is 5.41 Å². The van der Waals surface area contributed by atoms with E-state index in [4.69, 9.17) is 4.42 Å². The highest BCUT2D eigenvalue weighted by Crippen LogP contribution is 2.63. The first-order valence-corrected chi connectivity index (χ1v) is 30.1. The fourth-order valence-electron chi connectivity index (χ4n) is 19.5. The minimum atomic E-state index is -0.139. The molecule has 3 nitrogen and oxygen atoms in total. The summed E-state index contributed by atoms with van der Waals surface area (Å²) in [6.07, 6.45) is 16.9. The summed E-state index contributed by atoms with van der Waals surface area (Å²) in [5.74, 6) is 5.32. The maximum atomic E-state index is 7.15. The summed E-state index contributed by atoms with van der Waals surface area (Å²) in [5.41, 5.74) is 21.1. The number of hydrogen-bond donors (Lipinski definition) is 0. The number of hydrogen-bond acceptors (Lipinski definition) is 3. The Morgan fingerprint density at radius 2 is 1.01 bits per heavy atom. The highest BCUT2D eigenvalue weighted by atomic mass is 16.3.